The van der Waals surface area contributed by atoms with Crippen molar-refractivity contribution in [2.45, 2.75) is 6.42 Å². The van der Waals surface area contributed by atoms with E-state index >= 15 is 0 Å². The van der Waals surface area contributed by atoms with Gasteiger partial charge in [-0.15, -0.1) is 0 Å². The number of carbonyl (C=O) groups is 1. The zero-order valence-electron chi connectivity index (χ0n) is 8.47. The standard InChI is InChI=1S/C10H11N5O/c11-9-4-6(1-2-13-9)3-8(16)7-5-14-15-10(7)12/h1-2,4-5H,3H2,(H2,11,13)(H3,12,14,15). The number of pyridine rings is 1. The van der Waals surface area contributed by atoms with E-state index in [-0.39, 0.29) is 18.0 Å². The number of hydrogen-bond acceptors (Lipinski definition) is 5. The monoisotopic (exact) mass is 217 g/mol. The van der Waals surface area contributed by atoms with Gasteiger partial charge in [0.1, 0.15) is 11.6 Å². The van der Waals surface area contributed by atoms with Gasteiger partial charge >= 0.3 is 0 Å². The second kappa shape index (κ2) is 4.01. The van der Waals surface area contributed by atoms with Crippen LogP contribution >= 0.6 is 0 Å². The highest BCUT2D eigenvalue weighted by atomic mass is 16.1. The van der Waals surface area contributed by atoms with Crippen LogP contribution in [-0.4, -0.2) is 21.0 Å². The third-order valence-corrected chi connectivity index (χ3v) is 2.18. The van der Waals surface area contributed by atoms with Gasteiger partial charge in [0, 0.05) is 12.6 Å². The molecule has 0 aliphatic heterocycles. The molecule has 2 aromatic rings. The molecule has 2 heterocycles. The van der Waals surface area contributed by atoms with Gasteiger partial charge in [0.05, 0.1) is 11.8 Å². The molecule has 5 N–H and O–H groups in total. The lowest BCUT2D eigenvalue weighted by atomic mass is 10.1. The van der Waals surface area contributed by atoms with Crippen LogP contribution in [-0.2, 0) is 6.42 Å². The molecule has 0 spiro atoms. The molecule has 2 aromatic heterocycles. The van der Waals surface area contributed by atoms with Crippen LogP contribution in [0.25, 0.3) is 0 Å². The maximum atomic E-state index is 11.8. The summed E-state index contributed by atoms with van der Waals surface area (Å²) in [6.45, 7) is 0. The number of ketones is 1. The maximum absolute atomic E-state index is 11.8. The first-order valence-corrected chi connectivity index (χ1v) is 4.69. The van der Waals surface area contributed by atoms with E-state index in [4.69, 9.17) is 11.5 Å². The fourth-order valence-electron chi connectivity index (χ4n) is 1.40. The van der Waals surface area contributed by atoms with Crippen molar-refractivity contribution in [3.63, 3.8) is 0 Å². The minimum absolute atomic E-state index is 0.100. The van der Waals surface area contributed by atoms with E-state index in [2.05, 4.69) is 15.2 Å². The fraction of sp³-hybridized carbons (Fsp3) is 0.100. The highest BCUT2D eigenvalue weighted by Crippen LogP contribution is 2.12. The second-order valence-electron chi connectivity index (χ2n) is 3.39. The molecule has 0 radical (unpaired) electrons. The minimum Gasteiger partial charge on any atom is -0.384 e. The number of aromatic amines is 1. The lowest BCUT2D eigenvalue weighted by Crippen LogP contribution is -2.06. The first-order chi connectivity index (χ1) is 7.66. The van der Waals surface area contributed by atoms with Gasteiger partial charge in [0.15, 0.2) is 5.78 Å². The number of anilines is 2. The smallest absolute Gasteiger partial charge is 0.172 e. The molecule has 0 amide bonds. The Kier molecular flexibility index (Phi) is 2.55. The van der Waals surface area contributed by atoms with E-state index in [0.29, 0.717) is 11.4 Å². The van der Waals surface area contributed by atoms with Gasteiger partial charge in [-0.3, -0.25) is 9.89 Å². The summed E-state index contributed by atoms with van der Waals surface area (Å²) in [6, 6.07) is 3.40. The van der Waals surface area contributed by atoms with Crippen molar-refractivity contribution >= 4 is 17.4 Å². The Balaban J connectivity index is 2.17. The largest absolute Gasteiger partial charge is 0.384 e. The lowest BCUT2D eigenvalue weighted by molar-refractivity contribution is 0.0994. The van der Waals surface area contributed by atoms with E-state index in [1.165, 1.54) is 6.20 Å². The molecular weight excluding hydrogens is 206 g/mol. The van der Waals surface area contributed by atoms with E-state index < -0.39 is 0 Å². The molecule has 2 rings (SSSR count). The number of H-pyrrole nitrogens is 1. The fourth-order valence-corrected chi connectivity index (χ4v) is 1.40. The molecule has 0 bridgehead atoms. The van der Waals surface area contributed by atoms with Crippen LogP contribution in [0.5, 0.6) is 0 Å². The molecule has 0 aliphatic rings. The summed E-state index contributed by atoms with van der Waals surface area (Å²) in [7, 11) is 0. The summed E-state index contributed by atoms with van der Waals surface area (Å²) in [5.41, 5.74) is 12.3. The summed E-state index contributed by atoms with van der Waals surface area (Å²) in [4.78, 5) is 15.7. The summed E-state index contributed by atoms with van der Waals surface area (Å²) in [6.07, 6.45) is 3.22. The van der Waals surface area contributed by atoms with Crippen LogP contribution in [0.15, 0.2) is 24.5 Å². The number of nitrogens with one attached hydrogen (secondary N) is 1. The van der Waals surface area contributed by atoms with Crippen molar-refractivity contribution in [3.05, 3.63) is 35.7 Å². The number of nitrogen functional groups attached to an aromatic ring is 2. The van der Waals surface area contributed by atoms with Crippen molar-refractivity contribution < 1.29 is 4.79 Å². The minimum atomic E-state index is -0.100. The van der Waals surface area contributed by atoms with E-state index in [9.17, 15) is 4.79 Å². The van der Waals surface area contributed by atoms with Crippen molar-refractivity contribution in [1.82, 2.24) is 15.2 Å². The summed E-state index contributed by atoms with van der Waals surface area (Å²) < 4.78 is 0. The normalized spacial score (nSPS) is 10.2. The van der Waals surface area contributed by atoms with Gasteiger partial charge in [0.25, 0.3) is 0 Å². The van der Waals surface area contributed by atoms with Crippen LogP contribution in [0.3, 0.4) is 0 Å². The topological polar surface area (TPSA) is 111 Å². The Morgan fingerprint density at radius 3 is 2.88 bits per heavy atom. The van der Waals surface area contributed by atoms with Gasteiger partial charge in [-0.2, -0.15) is 5.10 Å². The Labute approximate surface area is 91.7 Å². The Morgan fingerprint density at radius 2 is 2.25 bits per heavy atom. The van der Waals surface area contributed by atoms with Crippen LogP contribution in [0.4, 0.5) is 11.6 Å². The highest BCUT2D eigenvalue weighted by Gasteiger charge is 2.12. The Bertz CT molecular complexity index is 519. The van der Waals surface area contributed by atoms with Gasteiger partial charge in [0.2, 0.25) is 0 Å². The zero-order chi connectivity index (χ0) is 11.5. The molecule has 0 atom stereocenters. The molecule has 0 aromatic carbocycles. The van der Waals surface area contributed by atoms with E-state index in [0.717, 1.165) is 5.56 Å². The predicted octanol–water partition coefficient (Wildman–Crippen LogP) is 0.394. The quantitative estimate of drug-likeness (QED) is 0.644. The Hall–Kier alpha value is -2.37. The molecule has 6 nitrogen and oxygen atoms in total. The van der Waals surface area contributed by atoms with Gasteiger partial charge in [-0.25, -0.2) is 4.98 Å². The lowest BCUT2D eigenvalue weighted by Gasteiger charge is -2.00. The molecule has 0 aliphatic carbocycles. The first kappa shape index (κ1) is 10.2. The van der Waals surface area contributed by atoms with Crippen LogP contribution in [0, 0.1) is 0 Å². The molecular formula is C10H11N5O. The SMILES string of the molecule is Nc1cc(CC(=O)c2cn[nH]c2N)ccn1. The number of carbonyl (C=O) groups excluding carboxylic acids is 1. The molecule has 0 saturated heterocycles. The van der Waals surface area contributed by atoms with Crippen LogP contribution < -0.4 is 11.5 Å². The van der Waals surface area contributed by atoms with Crippen molar-refractivity contribution in [1.29, 1.82) is 0 Å². The summed E-state index contributed by atoms with van der Waals surface area (Å²) >= 11 is 0. The molecule has 0 fully saturated rings. The number of nitrogens with zero attached hydrogens (tertiary/aromatic N) is 2. The summed E-state index contributed by atoms with van der Waals surface area (Å²) in [5.74, 6) is 0.578. The molecule has 0 saturated carbocycles. The molecule has 0 unspecified atom stereocenters. The number of hydrogen-bond donors (Lipinski definition) is 3. The third-order valence-electron chi connectivity index (χ3n) is 2.18. The van der Waals surface area contributed by atoms with Gasteiger partial charge < -0.3 is 11.5 Å². The van der Waals surface area contributed by atoms with E-state index in [1.807, 2.05) is 0 Å². The van der Waals surface area contributed by atoms with Crippen LogP contribution in [0.2, 0.25) is 0 Å². The highest BCUT2D eigenvalue weighted by molar-refractivity contribution is 6.01. The molecule has 82 valence electrons. The van der Waals surface area contributed by atoms with E-state index in [1.54, 1.807) is 18.3 Å². The molecule has 16 heavy (non-hydrogen) atoms. The number of Topliss-reactive ketones (excluding diaryl/α,β-unsaturated/α-hetero) is 1. The Morgan fingerprint density at radius 1 is 1.44 bits per heavy atom. The molecule has 6 heteroatoms. The van der Waals surface area contributed by atoms with Gasteiger partial charge in [-0.1, -0.05) is 0 Å². The number of rotatable bonds is 3. The number of aromatic nitrogens is 3. The average Bonchev–Trinajstić information content (AvgIpc) is 2.64. The third kappa shape index (κ3) is 2.00. The second-order valence-corrected chi connectivity index (χ2v) is 3.39. The summed E-state index contributed by atoms with van der Waals surface area (Å²) in [5, 5.41) is 6.21. The average molecular weight is 217 g/mol. The van der Waals surface area contributed by atoms with Crippen LogP contribution in [0.1, 0.15) is 15.9 Å². The zero-order valence-corrected chi connectivity index (χ0v) is 8.47. The predicted molar refractivity (Wildman–Crippen MR) is 59.7 cm³/mol. The van der Waals surface area contributed by atoms with Gasteiger partial charge in [-0.05, 0) is 17.7 Å². The van der Waals surface area contributed by atoms with Crippen molar-refractivity contribution in [2.75, 3.05) is 11.5 Å². The van der Waals surface area contributed by atoms with Crippen molar-refractivity contribution in [2.24, 2.45) is 0 Å². The number of nitrogens with two attached hydrogens (primary N) is 2. The first-order valence-electron chi connectivity index (χ1n) is 4.69. The van der Waals surface area contributed by atoms with Crippen molar-refractivity contribution in [3.8, 4) is 0 Å². The maximum Gasteiger partial charge on any atom is 0.172 e.